The Bertz CT molecular complexity index is 370. The molecule has 0 heterocycles. The first-order valence-corrected chi connectivity index (χ1v) is 5.54. The number of aliphatic hydroxyl groups excluding tert-OH is 1. The SMILES string of the molecule is NCc1cccc(F)c1OC1CCCC1O. The van der Waals surface area contributed by atoms with Crippen molar-refractivity contribution in [1.29, 1.82) is 0 Å². The zero-order valence-corrected chi connectivity index (χ0v) is 9.03. The van der Waals surface area contributed by atoms with E-state index in [1.165, 1.54) is 6.07 Å². The van der Waals surface area contributed by atoms with Gasteiger partial charge in [-0.3, -0.25) is 0 Å². The van der Waals surface area contributed by atoms with Crippen molar-refractivity contribution in [2.45, 2.75) is 38.0 Å². The first-order valence-electron chi connectivity index (χ1n) is 5.54. The third-order valence-electron chi connectivity index (χ3n) is 2.96. The Labute approximate surface area is 94.0 Å². The van der Waals surface area contributed by atoms with Crippen LogP contribution in [0.25, 0.3) is 0 Å². The zero-order valence-electron chi connectivity index (χ0n) is 9.03. The first-order chi connectivity index (χ1) is 7.72. The Morgan fingerprint density at radius 3 is 2.88 bits per heavy atom. The molecule has 0 spiro atoms. The molecular formula is C12H16FNO2. The molecule has 1 aliphatic rings. The van der Waals surface area contributed by atoms with Gasteiger partial charge in [-0.15, -0.1) is 0 Å². The van der Waals surface area contributed by atoms with E-state index in [1.807, 2.05) is 0 Å². The maximum Gasteiger partial charge on any atom is 0.165 e. The van der Waals surface area contributed by atoms with Gasteiger partial charge in [0.1, 0.15) is 6.10 Å². The van der Waals surface area contributed by atoms with E-state index in [-0.39, 0.29) is 18.4 Å². The third-order valence-corrected chi connectivity index (χ3v) is 2.96. The second-order valence-electron chi connectivity index (χ2n) is 4.09. The van der Waals surface area contributed by atoms with Crippen molar-refractivity contribution in [2.24, 2.45) is 5.73 Å². The lowest BCUT2D eigenvalue weighted by atomic mass is 10.2. The number of benzene rings is 1. The Kier molecular flexibility index (Phi) is 3.41. The fourth-order valence-corrected chi connectivity index (χ4v) is 2.04. The third kappa shape index (κ3) is 2.18. The predicted octanol–water partition coefficient (Wildman–Crippen LogP) is 1.58. The molecule has 16 heavy (non-hydrogen) atoms. The quantitative estimate of drug-likeness (QED) is 0.821. The van der Waals surface area contributed by atoms with Crippen LogP contribution in [0.3, 0.4) is 0 Å². The Morgan fingerprint density at radius 1 is 1.44 bits per heavy atom. The summed E-state index contributed by atoms with van der Waals surface area (Å²) in [5, 5.41) is 9.63. The van der Waals surface area contributed by atoms with Gasteiger partial charge in [0, 0.05) is 12.1 Å². The van der Waals surface area contributed by atoms with Crippen LogP contribution in [0.2, 0.25) is 0 Å². The topological polar surface area (TPSA) is 55.5 Å². The van der Waals surface area contributed by atoms with E-state index in [9.17, 15) is 9.50 Å². The summed E-state index contributed by atoms with van der Waals surface area (Å²) in [6.45, 7) is 0.232. The van der Waals surface area contributed by atoms with Crippen molar-refractivity contribution in [1.82, 2.24) is 0 Å². The van der Waals surface area contributed by atoms with Crippen molar-refractivity contribution in [3.63, 3.8) is 0 Å². The van der Waals surface area contributed by atoms with Crippen LogP contribution < -0.4 is 10.5 Å². The van der Waals surface area contributed by atoms with Gasteiger partial charge in [0.25, 0.3) is 0 Å². The highest BCUT2D eigenvalue weighted by atomic mass is 19.1. The molecule has 0 saturated heterocycles. The summed E-state index contributed by atoms with van der Waals surface area (Å²) in [7, 11) is 0. The minimum absolute atomic E-state index is 0.191. The number of rotatable bonds is 3. The van der Waals surface area contributed by atoms with Gasteiger partial charge >= 0.3 is 0 Å². The summed E-state index contributed by atoms with van der Waals surface area (Å²) < 4.78 is 19.1. The summed E-state index contributed by atoms with van der Waals surface area (Å²) in [5.41, 5.74) is 6.16. The van der Waals surface area contributed by atoms with E-state index < -0.39 is 11.9 Å². The highest BCUT2D eigenvalue weighted by Gasteiger charge is 2.28. The lowest BCUT2D eigenvalue weighted by Crippen LogP contribution is -2.26. The maximum atomic E-state index is 13.6. The fraction of sp³-hybridized carbons (Fsp3) is 0.500. The molecular weight excluding hydrogens is 209 g/mol. The summed E-state index contributed by atoms with van der Waals surface area (Å²) in [4.78, 5) is 0. The van der Waals surface area contributed by atoms with Crippen LogP contribution in [0.15, 0.2) is 18.2 Å². The standard InChI is InChI=1S/C12H16FNO2/c13-9-4-1-3-8(7-14)12(9)16-11-6-2-5-10(11)15/h1,3-4,10-11,15H,2,5-7,14H2. The van der Waals surface area contributed by atoms with E-state index >= 15 is 0 Å². The van der Waals surface area contributed by atoms with Crippen molar-refractivity contribution in [3.8, 4) is 5.75 Å². The molecule has 1 fully saturated rings. The molecule has 4 heteroatoms. The maximum absolute atomic E-state index is 13.6. The average molecular weight is 225 g/mol. The molecule has 2 unspecified atom stereocenters. The fourth-order valence-electron chi connectivity index (χ4n) is 2.04. The molecule has 0 aromatic heterocycles. The Hall–Kier alpha value is -1.13. The van der Waals surface area contributed by atoms with E-state index in [4.69, 9.17) is 10.5 Å². The molecule has 1 saturated carbocycles. The largest absolute Gasteiger partial charge is 0.484 e. The summed E-state index contributed by atoms with van der Waals surface area (Å²) in [5.74, 6) is -0.224. The first kappa shape index (κ1) is 11.4. The summed E-state index contributed by atoms with van der Waals surface area (Å²) >= 11 is 0. The van der Waals surface area contributed by atoms with Crippen molar-refractivity contribution < 1.29 is 14.2 Å². The molecule has 0 aliphatic heterocycles. The molecule has 3 N–H and O–H groups in total. The van der Waals surface area contributed by atoms with Crippen LogP contribution in [0.4, 0.5) is 4.39 Å². The van der Waals surface area contributed by atoms with E-state index in [1.54, 1.807) is 12.1 Å². The smallest absolute Gasteiger partial charge is 0.165 e. The van der Waals surface area contributed by atoms with Crippen LogP contribution >= 0.6 is 0 Å². The molecule has 1 aromatic carbocycles. The molecule has 0 amide bonds. The normalized spacial score (nSPS) is 24.7. The van der Waals surface area contributed by atoms with Crippen LogP contribution in [-0.4, -0.2) is 17.3 Å². The molecule has 1 aliphatic carbocycles. The molecule has 2 rings (SSSR count). The Balaban J connectivity index is 2.19. The molecule has 88 valence electrons. The lowest BCUT2D eigenvalue weighted by Gasteiger charge is -2.19. The lowest BCUT2D eigenvalue weighted by molar-refractivity contribution is 0.0572. The molecule has 0 radical (unpaired) electrons. The minimum atomic E-state index is -0.495. The van der Waals surface area contributed by atoms with Gasteiger partial charge in [0.05, 0.1) is 6.10 Å². The van der Waals surface area contributed by atoms with Crippen molar-refractivity contribution >= 4 is 0 Å². The van der Waals surface area contributed by atoms with Gasteiger partial charge in [0.15, 0.2) is 11.6 Å². The zero-order chi connectivity index (χ0) is 11.5. The van der Waals surface area contributed by atoms with Gasteiger partial charge in [-0.2, -0.15) is 0 Å². The van der Waals surface area contributed by atoms with Crippen LogP contribution in [0, 0.1) is 5.82 Å². The second-order valence-corrected chi connectivity index (χ2v) is 4.09. The average Bonchev–Trinajstić information content (AvgIpc) is 2.67. The van der Waals surface area contributed by atoms with E-state index in [2.05, 4.69) is 0 Å². The molecule has 1 aromatic rings. The number of aliphatic hydroxyl groups is 1. The van der Waals surface area contributed by atoms with Gasteiger partial charge in [-0.1, -0.05) is 12.1 Å². The van der Waals surface area contributed by atoms with Crippen molar-refractivity contribution in [2.75, 3.05) is 0 Å². The van der Waals surface area contributed by atoms with Crippen LogP contribution in [0.5, 0.6) is 5.75 Å². The van der Waals surface area contributed by atoms with Crippen LogP contribution in [-0.2, 0) is 6.54 Å². The molecule has 2 atom stereocenters. The van der Waals surface area contributed by atoms with Crippen LogP contribution in [0.1, 0.15) is 24.8 Å². The number of para-hydroxylation sites is 1. The number of nitrogens with two attached hydrogens (primary N) is 1. The second kappa shape index (κ2) is 4.80. The summed E-state index contributed by atoms with van der Waals surface area (Å²) in [6.07, 6.45) is 1.60. The predicted molar refractivity (Wildman–Crippen MR) is 58.6 cm³/mol. The highest BCUT2D eigenvalue weighted by Crippen LogP contribution is 2.29. The van der Waals surface area contributed by atoms with Gasteiger partial charge in [-0.05, 0) is 25.3 Å². The van der Waals surface area contributed by atoms with Gasteiger partial charge < -0.3 is 15.6 Å². The minimum Gasteiger partial charge on any atom is -0.484 e. The molecule has 0 bridgehead atoms. The number of ether oxygens (including phenoxy) is 1. The number of halogens is 1. The number of hydrogen-bond donors (Lipinski definition) is 2. The van der Waals surface area contributed by atoms with Gasteiger partial charge in [0.2, 0.25) is 0 Å². The molecule has 3 nitrogen and oxygen atoms in total. The van der Waals surface area contributed by atoms with Crippen molar-refractivity contribution in [3.05, 3.63) is 29.6 Å². The highest BCUT2D eigenvalue weighted by molar-refractivity contribution is 5.35. The summed E-state index contributed by atoms with van der Waals surface area (Å²) in [6, 6.07) is 4.69. The monoisotopic (exact) mass is 225 g/mol. The Morgan fingerprint density at radius 2 is 2.25 bits per heavy atom. The van der Waals surface area contributed by atoms with E-state index in [0.29, 0.717) is 5.56 Å². The van der Waals surface area contributed by atoms with Gasteiger partial charge in [-0.25, -0.2) is 4.39 Å². The van der Waals surface area contributed by atoms with E-state index in [0.717, 1.165) is 19.3 Å². The number of hydrogen-bond acceptors (Lipinski definition) is 3.